The van der Waals surface area contributed by atoms with Gasteiger partial charge in [0.1, 0.15) is 11.6 Å². The number of anilines is 1. The van der Waals surface area contributed by atoms with Crippen LogP contribution in [0.4, 0.5) is 14.5 Å². The van der Waals surface area contributed by atoms with E-state index in [4.69, 9.17) is 0 Å². The van der Waals surface area contributed by atoms with Crippen molar-refractivity contribution in [3.63, 3.8) is 0 Å². The molecule has 0 saturated carbocycles. The molecule has 1 saturated heterocycles. The molecule has 2 aromatic carbocycles. The molecule has 2 N–H and O–H groups in total. The van der Waals surface area contributed by atoms with Gasteiger partial charge in [0.2, 0.25) is 5.91 Å². The molecule has 1 aliphatic heterocycles. The van der Waals surface area contributed by atoms with E-state index in [1.54, 1.807) is 17.0 Å². The zero-order valence-corrected chi connectivity index (χ0v) is 15.8. The van der Waals surface area contributed by atoms with Crippen LogP contribution in [0.15, 0.2) is 47.4 Å². The number of carbonyl (C=O) groups is 1. The lowest BCUT2D eigenvalue weighted by atomic mass is 10.1. The summed E-state index contributed by atoms with van der Waals surface area (Å²) in [5.74, 6) is -2.43. The second kappa shape index (κ2) is 8.24. The Hall–Kier alpha value is -2.52. The molecule has 1 amide bonds. The molecule has 1 heterocycles. The lowest BCUT2D eigenvalue weighted by Gasteiger charge is -2.29. The monoisotopic (exact) mass is 410 g/mol. The number of rotatable bonds is 5. The normalized spacial score (nSPS) is 15.5. The Bertz CT molecular complexity index is 936. The molecule has 0 atom stereocenters. The first-order valence-electron chi connectivity index (χ1n) is 8.78. The number of aliphatic hydroxyl groups is 1. The molecule has 6 nitrogen and oxygen atoms in total. The highest BCUT2D eigenvalue weighted by Crippen LogP contribution is 2.22. The molecule has 1 fully saturated rings. The maximum absolute atomic E-state index is 13.7. The number of sulfonamides is 1. The maximum atomic E-state index is 13.7. The van der Waals surface area contributed by atoms with E-state index in [1.807, 2.05) is 0 Å². The minimum atomic E-state index is -4.43. The molecule has 0 radical (unpaired) electrons. The van der Waals surface area contributed by atoms with Gasteiger partial charge in [-0.3, -0.25) is 9.52 Å². The van der Waals surface area contributed by atoms with Crippen molar-refractivity contribution >= 4 is 21.6 Å². The molecule has 0 bridgehead atoms. The highest BCUT2D eigenvalue weighted by molar-refractivity contribution is 7.92. The number of halogens is 2. The Kier molecular flexibility index (Phi) is 5.95. The Morgan fingerprint density at radius 1 is 1.07 bits per heavy atom. The number of amides is 1. The zero-order chi connectivity index (χ0) is 20.3. The molecule has 28 heavy (non-hydrogen) atoms. The Morgan fingerprint density at radius 3 is 2.21 bits per heavy atom. The summed E-state index contributed by atoms with van der Waals surface area (Å²) in [5.41, 5.74) is 0.802. The van der Waals surface area contributed by atoms with Gasteiger partial charge in [-0.05, 0) is 42.7 Å². The fraction of sp³-hybridized carbons (Fsp3) is 0.316. The predicted octanol–water partition coefficient (Wildman–Crippen LogP) is 2.29. The van der Waals surface area contributed by atoms with E-state index in [1.165, 1.54) is 12.1 Å². The fourth-order valence-corrected chi connectivity index (χ4v) is 4.24. The maximum Gasteiger partial charge on any atom is 0.267 e. The minimum absolute atomic E-state index is 0.0753. The molecule has 0 spiro atoms. The van der Waals surface area contributed by atoms with Crippen molar-refractivity contribution < 1.29 is 27.1 Å². The third kappa shape index (κ3) is 4.66. The van der Waals surface area contributed by atoms with Gasteiger partial charge in [-0.25, -0.2) is 17.2 Å². The number of likely N-dealkylation sites (tertiary alicyclic amines) is 1. The van der Waals surface area contributed by atoms with Crippen LogP contribution in [0.5, 0.6) is 0 Å². The fourth-order valence-electron chi connectivity index (χ4n) is 3.04. The second-order valence-corrected chi connectivity index (χ2v) is 8.26. The quantitative estimate of drug-likeness (QED) is 0.792. The first kappa shape index (κ1) is 20.2. The number of piperidine rings is 1. The van der Waals surface area contributed by atoms with Crippen LogP contribution in [0.3, 0.4) is 0 Å². The van der Waals surface area contributed by atoms with Crippen molar-refractivity contribution in [1.29, 1.82) is 0 Å². The van der Waals surface area contributed by atoms with E-state index in [0.29, 0.717) is 31.5 Å². The molecular weight excluding hydrogens is 390 g/mol. The average Bonchev–Trinajstić information content (AvgIpc) is 2.63. The van der Waals surface area contributed by atoms with E-state index in [2.05, 4.69) is 4.72 Å². The van der Waals surface area contributed by atoms with Gasteiger partial charge in [0.05, 0.1) is 12.5 Å². The van der Waals surface area contributed by atoms with Crippen LogP contribution in [0.2, 0.25) is 0 Å². The number of hydrogen-bond acceptors (Lipinski definition) is 4. The molecule has 150 valence electrons. The van der Waals surface area contributed by atoms with Crippen LogP contribution < -0.4 is 4.72 Å². The number of nitrogens with zero attached hydrogens (tertiary/aromatic N) is 1. The molecule has 2 aromatic rings. The van der Waals surface area contributed by atoms with Crippen LogP contribution in [0.1, 0.15) is 18.4 Å². The highest BCUT2D eigenvalue weighted by Gasteiger charge is 2.24. The molecule has 0 aliphatic carbocycles. The second-order valence-electron chi connectivity index (χ2n) is 6.64. The largest absolute Gasteiger partial charge is 0.393 e. The van der Waals surface area contributed by atoms with Crippen molar-refractivity contribution in [3.8, 4) is 0 Å². The summed E-state index contributed by atoms with van der Waals surface area (Å²) in [4.78, 5) is 12.9. The van der Waals surface area contributed by atoms with Gasteiger partial charge in [0, 0.05) is 18.8 Å². The van der Waals surface area contributed by atoms with E-state index < -0.39 is 26.6 Å². The Labute approximate surface area is 161 Å². The lowest BCUT2D eigenvalue weighted by Crippen LogP contribution is -2.40. The van der Waals surface area contributed by atoms with E-state index >= 15 is 0 Å². The summed E-state index contributed by atoms with van der Waals surface area (Å²) >= 11 is 0. The smallest absolute Gasteiger partial charge is 0.267 e. The Balaban J connectivity index is 1.67. The minimum Gasteiger partial charge on any atom is -0.393 e. The first-order chi connectivity index (χ1) is 13.3. The topological polar surface area (TPSA) is 86.7 Å². The third-order valence-corrected chi connectivity index (χ3v) is 6.00. The highest BCUT2D eigenvalue weighted by atomic mass is 32.2. The Morgan fingerprint density at radius 2 is 1.64 bits per heavy atom. The molecule has 3 rings (SSSR count). The SMILES string of the molecule is O=C(Cc1ccc(NS(=O)(=O)c2c(F)cccc2F)cc1)N1CCC(O)CC1. The van der Waals surface area contributed by atoms with Crippen LogP contribution in [-0.4, -0.2) is 43.5 Å². The molecule has 0 aromatic heterocycles. The van der Waals surface area contributed by atoms with Gasteiger partial charge in [0.15, 0.2) is 4.90 Å². The molecule has 1 aliphatic rings. The van der Waals surface area contributed by atoms with Crippen molar-refractivity contribution in [2.75, 3.05) is 17.8 Å². The van der Waals surface area contributed by atoms with Crippen LogP contribution in [0.25, 0.3) is 0 Å². The number of aliphatic hydroxyl groups excluding tert-OH is 1. The van der Waals surface area contributed by atoms with Crippen LogP contribution in [0, 0.1) is 11.6 Å². The molecule has 9 heteroatoms. The number of benzene rings is 2. The lowest BCUT2D eigenvalue weighted by molar-refractivity contribution is -0.132. The van der Waals surface area contributed by atoms with Gasteiger partial charge >= 0.3 is 0 Å². The third-order valence-electron chi connectivity index (χ3n) is 4.57. The van der Waals surface area contributed by atoms with Gasteiger partial charge < -0.3 is 10.0 Å². The van der Waals surface area contributed by atoms with Gasteiger partial charge in [-0.15, -0.1) is 0 Å². The van der Waals surface area contributed by atoms with Gasteiger partial charge in [-0.2, -0.15) is 0 Å². The van der Waals surface area contributed by atoms with Crippen LogP contribution >= 0.6 is 0 Å². The van der Waals surface area contributed by atoms with E-state index in [9.17, 15) is 27.1 Å². The van der Waals surface area contributed by atoms with Gasteiger partial charge in [-0.1, -0.05) is 18.2 Å². The van der Waals surface area contributed by atoms with Gasteiger partial charge in [0.25, 0.3) is 10.0 Å². The summed E-state index contributed by atoms with van der Waals surface area (Å²) in [7, 11) is -4.43. The summed E-state index contributed by atoms with van der Waals surface area (Å²) in [6.45, 7) is 1.01. The number of carbonyl (C=O) groups excluding carboxylic acids is 1. The number of nitrogens with one attached hydrogen (secondary N) is 1. The van der Waals surface area contributed by atoms with E-state index in [-0.39, 0.29) is 24.1 Å². The first-order valence-corrected chi connectivity index (χ1v) is 10.3. The standard InChI is InChI=1S/C19H20F2N2O4S/c20-16-2-1-3-17(21)19(16)28(26,27)22-14-6-4-13(5-7-14)12-18(25)23-10-8-15(24)9-11-23/h1-7,15,22,24H,8-12H2. The van der Waals surface area contributed by atoms with E-state index in [0.717, 1.165) is 18.2 Å². The van der Waals surface area contributed by atoms with Crippen molar-refractivity contribution in [2.45, 2.75) is 30.3 Å². The summed E-state index contributed by atoms with van der Waals surface area (Å²) in [5, 5.41) is 9.50. The number of hydrogen-bond donors (Lipinski definition) is 2. The van der Waals surface area contributed by atoms with Crippen molar-refractivity contribution in [1.82, 2.24) is 4.90 Å². The predicted molar refractivity (Wildman–Crippen MR) is 99.1 cm³/mol. The summed E-state index contributed by atoms with van der Waals surface area (Å²) < 4.78 is 54.1. The van der Waals surface area contributed by atoms with Crippen molar-refractivity contribution in [3.05, 3.63) is 59.7 Å². The van der Waals surface area contributed by atoms with Crippen LogP contribution in [-0.2, 0) is 21.2 Å². The summed E-state index contributed by atoms with van der Waals surface area (Å²) in [6, 6.07) is 8.83. The summed E-state index contributed by atoms with van der Waals surface area (Å²) in [6.07, 6.45) is 0.888. The molecular formula is C19H20F2N2O4S. The molecule has 0 unspecified atom stereocenters. The zero-order valence-electron chi connectivity index (χ0n) is 14.9. The van der Waals surface area contributed by atoms with Crippen molar-refractivity contribution in [2.24, 2.45) is 0 Å². The average molecular weight is 410 g/mol.